The molecule has 0 saturated carbocycles. The zero-order chi connectivity index (χ0) is 14.4. The van der Waals surface area contributed by atoms with Crippen molar-refractivity contribution in [2.45, 2.75) is 41.0 Å². The topological polar surface area (TPSA) is 49.8 Å². The highest BCUT2D eigenvalue weighted by atomic mass is 15.1. The van der Waals surface area contributed by atoms with E-state index in [9.17, 15) is 0 Å². The second kappa shape index (κ2) is 7.31. The van der Waals surface area contributed by atoms with E-state index in [4.69, 9.17) is 0 Å². The lowest BCUT2D eigenvalue weighted by Crippen LogP contribution is -2.25. The molecular weight excluding hydrogens is 236 g/mol. The van der Waals surface area contributed by atoms with Gasteiger partial charge in [0.05, 0.1) is 0 Å². The van der Waals surface area contributed by atoms with Crippen LogP contribution in [-0.4, -0.2) is 23.6 Å². The summed E-state index contributed by atoms with van der Waals surface area (Å²) in [4.78, 5) is 8.93. The molecule has 0 fully saturated rings. The van der Waals surface area contributed by atoms with Gasteiger partial charge in [0, 0.05) is 26.1 Å². The molecule has 0 aliphatic rings. The van der Waals surface area contributed by atoms with Gasteiger partial charge < -0.3 is 10.6 Å². The molecule has 19 heavy (non-hydrogen) atoms. The molecular formula is C15H28N4. The predicted molar refractivity (Wildman–Crippen MR) is 82.6 cm³/mol. The molecule has 0 radical (unpaired) electrons. The highest BCUT2D eigenvalue weighted by Crippen LogP contribution is 2.21. The van der Waals surface area contributed by atoms with Gasteiger partial charge in [-0.15, -0.1) is 0 Å². The Hall–Kier alpha value is -1.32. The highest BCUT2D eigenvalue weighted by Gasteiger charge is 2.17. The molecule has 0 atom stereocenters. The van der Waals surface area contributed by atoms with Crippen LogP contribution < -0.4 is 10.6 Å². The first-order chi connectivity index (χ1) is 8.97. The second-order valence-corrected chi connectivity index (χ2v) is 5.69. The van der Waals surface area contributed by atoms with E-state index in [2.05, 4.69) is 55.2 Å². The van der Waals surface area contributed by atoms with Crippen molar-refractivity contribution in [1.29, 1.82) is 0 Å². The monoisotopic (exact) mass is 264 g/mol. The number of aryl methyl sites for hydroxylation is 1. The number of nitrogens with one attached hydrogen (secondary N) is 2. The Kier molecular flexibility index (Phi) is 6.06. The third kappa shape index (κ3) is 4.69. The summed E-state index contributed by atoms with van der Waals surface area (Å²) in [6, 6.07) is 1.97. The normalized spacial score (nSPS) is 11.4. The molecule has 1 aromatic rings. The zero-order valence-corrected chi connectivity index (χ0v) is 13.1. The fraction of sp³-hybridized carbons (Fsp3) is 0.733. The Bertz CT molecular complexity index is 357. The number of hydrogen-bond acceptors (Lipinski definition) is 4. The maximum Gasteiger partial charge on any atom is 0.132 e. The third-order valence-electron chi connectivity index (χ3n) is 3.58. The van der Waals surface area contributed by atoms with Crippen LogP contribution in [0.15, 0.2) is 6.07 Å². The second-order valence-electron chi connectivity index (χ2n) is 5.69. The van der Waals surface area contributed by atoms with Crippen LogP contribution in [0.3, 0.4) is 0 Å². The molecule has 0 spiro atoms. The van der Waals surface area contributed by atoms with E-state index in [0.717, 1.165) is 30.4 Å². The van der Waals surface area contributed by atoms with Crippen LogP contribution in [0, 0.1) is 17.8 Å². The number of anilines is 2. The molecule has 108 valence electrons. The summed E-state index contributed by atoms with van der Waals surface area (Å²) in [5.74, 6) is 4.66. The van der Waals surface area contributed by atoms with Crippen LogP contribution in [0.2, 0.25) is 0 Å². The first kappa shape index (κ1) is 15.7. The van der Waals surface area contributed by atoms with Gasteiger partial charge >= 0.3 is 0 Å². The van der Waals surface area contributed by atoms with Crippen molar-refractivity contribution >= 4 is 11.6 Å². The summed E-state index contributed by atoms with van der Waals surface area (Å²) >= 11 is 0. The summed E-state index contributed by atoms with van der Waals surface area (Å²) < 4.78 is 0. The van der Waals surface area contributed by atoms with E-state index in [1.807, 2.05) is 13.1 Å². The van der Waals surface area contributed by atoms with Gasteiger partial charge in [-0.3, -0.25) is 0 Å². The Balaban J connectivity index is 2.76. The Morgan fingerprint density at radius 3 is 2.11 bits per heavy atom. The number of hydrogen-bond donors (Lipinski definition) is 2. The van der Waals surface area contributed by atoms with Gasteiger partial charge in [-0.05, 0) is 17.8 Å². The van der Waals surface area contributed by atoms with Crippen molar-refractivity contribution < 1.29 is 0 Å². The van der Waals surface area contributed by atoms with Crippen molar-refractivity contribution in [3.05, 3.63) is 11.9 Å². The minimum absolute atomic E-state index is 0.651. The van der Waals surface area contributed by atoms with Crippen LogP contribution in [0.25, 0.3) is 0 Å². The van der Waals surface area contributed by atoms with Crippen LogP contribution >= 0.6 is 0 Å². The molecule has 4 nitrogen and oxygen atoms in total. The maximum atomic E-state index is 4.53. The quantitative estimate of drug-likeness (QED) is 0.792. The smallest absolute Gasteiger partial charge is 0.132 e. The van der Waals surface area contributed by atoms with Gasteiger partial charge in [-0.2, -0.15) is 0 Å². The van der Waals surface area contributed by atoms with E-state index < -0.39 is 0 Å². The average molecular weight is 264 g/mol. The summed E-state index contributed by atoms with van der Waals surface area (Å²) in [6.45, 7) is 12.2. The fourth-order valence-electron chi connectivity index (χ4n) is 2.34. The average Bonchev–Trinajstić information content (AvgIpc) is 2.37. The van der Waals surface area contributed by atoms with Gasteiger partial charge in [0.25, 0.3) is 0 Å². The van der Waals surface area contributed by atoms with Crippen molar-refractivity contribution in [1.82, 2.24) is 9.97 Å². The van der Waals surface area contributed by atoms with Gasteiger partial charge in [-0.1, -0.05) is 34.6 Å². The summed E-state index contributed by atoms with van der Waals surface area (Å²) in [5, 5.41) is 6.55. The molecule has 0 aliphatic heterocycles. The summed E-state index contributed by atoms with van der Waals surface area (Å²) in [7, 11) is 1.89. The Labute approximate surface area is 117 Å². The van der Waals surface area contributed by atoms with Crippen LogP contribution in [0.5, 0.6) is 0 Å². The largest absolute Gasteiger partial charge is 0.373 e. The molecule has 1 rings (SSSR count). The summed E-state index contributed by atoms with van der Waals surface area (Å²) in [6.07, 6.45) is 0.849. The molecule has 0 aliphatic carbocycles. The number of aromatic nitrogens is 2. The first-order valence-corrected chi connectivity index (χ1v) is 7.27. The Morgan fingerprint density at radius 2 is 1.63 bits per heavy atom. The van der Waals surface area contributed by atoms with Crippen molar-refractivity contribution in [2.24, 2.45) is 17.8 Å². The standard InChI is InChI=1S/C15H28N4/c1-7-13-18-14(16-6)8-15(19-13)17-9-12(10(2)3)11(4)5/h8,10-12H,7,9H2,1-6H3,(H2,16,17,18,19). The molecule has 0 saturated heterocycles. The lowest BCUT2D eigenvalue weighted by Gasteiger charge is -2.25. The molecule has 0 bridgehead atoms. The van der Waals surface area contributed by atoms with Gasteiger partial charge in [0.1, 0.15) is 17.5 Å². The number of rotatable bonds is 7. The van der Waals surface area contributed by atoms with Gasteiger partial charge in [-0.25, -0.2) is 9.97 Å². The van der Waals surface area contributed by atoms with E-state index in [-0.39, 0.29) is 0 Å². The zero-order valence-electron chi connectivity index (χ0n) is 13.1. The van der Waals surface area contributed by atoms with Crippen molar-refractivity contribution in [3.63, 3.8) is 0 Å². The van der Waals surface area contributed by atoms with E-state index in [0.29, 0.717) is 17.8 Å². The molecule has 0 unspecified atom stereocenters. The fourth-order valence-corrected chi connectivity index (χ4v) is 2.34. The molecule has 2 N–H and O–H groups in total. The molecule has 1 aromatic heterocycles. The van der Waals surface area contributed by atoms with E-state index in [1.54, 1.807) is 0 Å². The molecule has 0 amide bonds. The molecule has 0 aromatic carbocycles. The lowest BCUT2D eigenvalue weighted by molar-refractivity contribution is 0.304. The number of nitrogens with zero attached hydrogens (tertiary/aromatic N) is 2. The minimum atomic E-state index is 0.651. The van der Waals surface area contributed by atoms with E-state index in [1.165, 1.54) is 0 Å². The first-order valence-electron chi connectivity index (χ1n) is 7.27. The predicted octanol–water partition coefficient (Wildman–Crippen LogP) is 3.42. The molecule has 4 heteroatoms. The minimum Gasteiger partial charge on any atom is -0.373 e. The lowest BCUT2D eigenvalue weighted by atomic mass is 9.85. The third-order valence-corrected chi connectivity index (χ3v) is 3.58. The van der Waals surface area contributed by atoms with Crippen LogP contribution in [-0.2, 0) is 6.42 Å². The van der Waals surface area contributed by atoms with Gasteiger partial charge in [0.2, 0.25) is 0 Å². The van der Waals surface area contributed by atoms with Crippen molar-refractivity contribution in [2.75, 3.05) is 24.2 Å². The van der Waals surface area contributed by atoms with Crippen LogP contribution in [0.4, 0.5) is 11.6 Å². The highest BCUT2D eigenvalue weighted by molar-refractivity contribution is 5.47. The summed E-state index contributed by atoms with van der Waals surface area (Å²) in [5.41, 5.74) is 0. The maximum absolute atomic E-state index is 4.53. The molecule has 1 heterocycles. The SMILES string of the molecule is CCc1nc(NC)cc(NCC(C(C)C)C(C)C)n1. The van der Waals surface area contributed by atoms with Crippen molar-refractivity contribution in [3.8, 4) is 0 Å². The van der Waals surface area contributed by atoms with Crippen LogP contribution in [0.1, 0.15) is 40.4 Å². The Morgan fingerprint density at radius 1 is 1.05 bits per heavy atom. The van der Waals surface area contributed by atoms with Gasteiger partial charge in [0.15, 0.2) is 0 Å². The van der Waals surface area contributed by atoms with E-state index >= 15 is 0 Å².